The number of hydrogen-bond donors (Lipinski definition) is 1. The number of sulfone groups is 1. The Balaban J connectivity index is 2.24. The Morgan fingerprint density at radius 1 is 1.24 bits per heavy atom. The molecule has 1 saturated heterocycles. The van der Waals surface area contributed by atoms with E-state index in [4.69, 9.17) is 0 Å². The van der Waals surface area contributed by atoms with Gasteiger partial charge in [0.1, 0.15) is 0 Å². The summed E-state index contributed by atoms with van der Waals surface area (Å²) in [4.78, 5) is 1.05. The Morgan fingerprint density at radius 3 is 2.29 bits per heavy atom. The molecular formula is C13H16F3NO3S. The zero-order valence-corrected chi connectivity index (χ0v) is 12.2. The number of rotatable bonds is 2. The van der Waals surface area contributed by atoms with Crippen LogP contribution in [-0.4, -0.2) is 37.7 Å². The highest BCUT2D eigenvalue weighted by atomic mass is 32.2. The third kappa shape index (κ3) is 3.32. The monoisotopic (exact) mass is 323 g/mol. The van der Waals surface area contributed by atoms with Gasteiger partial charge in [-0.2, -0.15) is 13.2 Å². The van der Waals surface area contributed by atoms with Gasteiger partial charge < -0.3 is 10.0 Å². The molecule has 1 aromatic carbocycles. The normalized spacial score (nSPS) is 24.1. The molecule has 1 unspecified atom stereocenters. The van der Waals surface area contributed by atoms with E-state index in [0.717, 1.165) is 18.6 Å². The fourth-order valence-corrected chi connectivity index (χ4v) is 3.17. The first kappa shape index (κ1) is 16.1. The van der Waals surface area contributed by atoms with Crippen molar-refractivity contribution in [1.82, 2.24) is 0 Å². The summed E-state index contributed by atoms with van der Waals surface area (Å²) in [5.74, 6) is 0. The quantitative estimate of drug-likeness (QED) is 0.907. The Kier molecular flexibility index (Phi) is 3.96. The highest BCUT2D eigenvalue weighted by Gasteiger charge is 2.46. The Bertz CT molecular complexity index is 609. The number of hydrogen-bond acceptors (Lipinski definition) is 4. The number of β-amino-alcohol motifs (C(OH)–C–C–N with tert-alkyl or cyclic N) is 1. The van der Waals surface area contributed by atoms with Crippen LogP contribution in [0.5, 0.6) is 0 Å². The van der Waals surface area contributed by atoms with Crippen LogP contribution in [0.15, 0.2) is 29.2 Å². The lowest BCUT2D eigenvalue weighted by Crippen LogP contribution is -2.46. The van der Waals surface area contributed by atoms with Crippen molar-refractivity contribution in [3.8, 4) is 0 Å². The molecular weight excluding hydrogens is 307 g/mol. The van der Waals surface area contributed by atoms with Gasteiger partial charge in [0.2, 0.25) is 0 Å². The first-order valence-corrected chi connectivity index (χ1v) is 7.90. The second kappa shape index (κ2) is 5.17. The molecule has 0 saturated carbocycles. The van der Waals surface area contributed by atoms with Crippen LogP contribution in [0.25, 0.3) is 0 Å². The fourth-order valence-electron chi connectivity index (χ4n) is 2.41. The van der Waals surface area contributed by atoms with E-state index in [-0.39, 0.29) is 0 Å². The van der Waals surface area contributed by atoms with Gasteiger partial charge in [-0.3, -0.25) is 0 Å². The van der Waals surface area contributed by atoms with Crippen LogP contribution in [0.2, 0.25) is 0 Å². The van der Waals surface area contributed by atoms with Crippen molar-refractivity contribution in [3.05, 3.63) is 24.3 Å². The lowest BCUT2D eigenvalue weighted by molar-refractivity contribution is -0.0436. The standard InChI is InChI=1S/C13H16F3NO3S/c1-12(18)7-2-8-17(9-12)10-3-5-11(6-4-10)21(19,20)13(14,15)16/h3-6,18H,2,7-9H2,1H3. The van der Waals surface area contributed by atoms with Crippen molar-refractivity contribution in [1.29, 1.82) is 0 Å². The van der Waals surface area contributed by atoms with Crippen molar-refractivity contribution in [2.24, 2.45) is 0 Å². The van der Waals surface area contributed by atoms with E-state index in [1.54, 1.807) is 6.92 Å². The highest BCUT2D eigenvalue weighted by Crippen LogP contribution is 2.32. The number of anilines is 1. The van der Waals surface area contributed by atoms with Gasteiger partial charge in [-0.05, 0) is 44.0 Å². The number of aliphatic hydroxyl groups is 1. The summed E-state index contributed by atoms with van der Waals surface area (Å²) in [6.07, 6.45) is 1.42. The van der Waals surface area contributed by atoms with Crippen molar-refractivity contribution in [3.63, 3.8) is 0 Å². The van der Waals surface area contributed by atoms with Crippen LogP contribution < -0.4 is 4.90 Å². The van der Waals surface area contributed by atoms with Gasteiger partial charge in [-0.25, -0.2) is 8.42 Å². The van der Waals surface area contributed by atoms with E-state index in [1.807, 2.05) is 4.90 Å². The van der Waals surface area contributed by atoms with Gasteiger partial charge in [0.05, 0.1) is 10.5 Å². The topological polar surface area (TPSA) is 57.6 Å². The zero-order valence-electron chi connectivity index (χ0n) is 11.4. The Labute approximate surface area is 121 Å². The minimum absolute atomic E-state index is 0.359. The van der Waals surface area contributed by atoms with Crippen LogP contribution in [0.3, 0.4) is 0 Å². The van der Waals surface area contributed by atoms with Crippen molar-refractivity contribution < 1.29 is 26.7 Å². The summed E-state index contributed by atoms with van der Waals surface area (Å²) in [5, 5.41) is 10.0. The zero-order chi connectivity index (χ0) is 15.9. The molecule has 1 aromatic rings. The summed E-state index contributed by atoms with van der Waals surface area (Å²) in [6, 6.07) is 4.56. The number of alkyl halides is 3. The molecule has 1 heterocycles. The van der Waals surface area contributed by atoms with Crippen LogP contribution in [0.1, 0.15) is 19.8 Å². The number of nitrogens with zero attached hydrogens (tertiary/aromatic N) is 1. The lowest BCUT2D eigenvalue weighted by atomic mass is 9.95. The third-order valence-electron chi connectivity index (χ3n) is 3.49. The molecule has 0 amide bonds. The van der Waals surface area contributed by atoms with E-state index < -0.39 is 25.8 Å². The first-order chi connectivity index (χ1) is 9.53. The number of benzene rings is 1. The third-order valence-corrected chi connectivity index (χ3v) is 4.99. The Hall–Kier alpha value is -1.28. The predicted molar refractivity (Wildman–Crippen MR) is 71.8 cm³/mol. The molecule has 0 radical (unpaired) electrons. The summed E-state index contributed by atoms with van der Waals surface area (Å²) >= 11 is 0. The van der Waals surface area contributed by atoms with Gasteiger partial charge >= 0.3 is 5.51 Å². The van der Waals surface area contributed by atoms with Gasteiger partial charge in [0.15, 0.2) is 0 Å². The SMILES string of the molecule is CC1(O)CCCN(c2ccc(S(=O)(=O)C(F)(F)F)cc2)C1. The van der Waals surface area contributed by atoms with Crippen LogP contribution in [0.4, 0.5) is 18.9 Å². The van der Waals surface area contributed by atoms with E-state index in [0.29, 0.717) is 25.2 Å². The molecule has 0 spiro atoms. The van der Waals surface area contributed by atoms with Crippen molar-refractivity contribution in [2.45, 2.75) is 35.8 Å². The maximum Gasteiger partial charge on any atom is 0.501 e. The van der Waals surface area contributed by atoms with E-state index in [2.05, 4.69) is 0 Å². The first-order valence-electron chi connectivity index (χ1n) is 6.42. The molecule has 21 heavy (non-hydrogen) atoms. The Morgan fingerprint density at radius 2 is 1.81 bits per heavy atom. The molecule has 4 nitrogen and oxygen atoms in total. The summed E-state index contributed by atoms with van der Waals surface area (Å²) in [5.41, 5.74) is -5.56. The molecule has 1 N–H and O–H groups in total. The van der Waals surface area contributed by atoms with Gasteiger partial charge in [-0.1, -0.05) is 0 Å². The number of halogens is 3. The molecule has 0 aliphatic carbocycles. The maximum atomic E-state index is 12.4. The lowest BCUT2D eigenvalue weighted by Gasteiger charge is -2.38. The molecule has 0 bridgehead atoms. The van der Waals surface area contributed by atoms with Gasteiger partial charge in [-0.15, -0.1) is 0 Å². The molecule has 2 rings (SSSR count). The molecule has 1 aliphatic rings. The van der Waals surface area contributed by atoms with Crippen LogP contribution in [0, 0.1) is 0 Å². The predicted octanol–water partition coefficient (Wildman–Crippen LogP) is 2.33. The van der Waals surface area contributed by atoms with E-state index in [9.17, 15) is 26.7 Å². The van der Waals surface area contributed by atoms with E-state index >= 15 is 0 Å². The molecule has 1 atom stereocenters. The average Bonchev–Trinajstić information content (AvgIpc) is 2.36. The highest BCUT2D eigenvalue weighted by molar-refractivity contribution is 7.92. The second-order valence-electron chi connectivity index (χ2n) is 5.47. The van der Waals surface area contributed by atoms with Gasteiger partial charge in [0.25, 0.3) is 9.84 Å². The van der Waals surface area contributed by atoms with Crippen molar-refractivity contribution in [2.75, 3.05) is 18.0 Å². The molecule has 1 fully saturated rings. The largest absolute Gasteiger partial charge is 0.501 e. The van der Waals surface area contributed by atoms with Crippen LogP contribution in [-0.2, 0) is 9.84 Å². The summed E-state index contributed by atoms with van der Waals surface area (Å²) in [6.45, 7) is 2.72. The van der Waals surface area contributed by atoms with Gasteiger partial charge in [0, 0.05) is 18.8 Å². The average molecular weight is 323 g/mol. The number of piperidine rings is 1. The van der Waals surface area contributed by atoms with Crippen LogP contribution >= 0.6 is 0 Å². The minimum Gasteiger partial charge on any atom is -0.388 e. The summed E-state index contributed by atoms with van der Waals surface area (Å²) < 4.78 is 59.9. The van der Waals surface area contributed by atoms with E-state index in [1.165, 1.54) is 12.1 Å². The molecule has 118 valence electrons. The second-order valence-corrected chi connectivity index (χ2v) is 7.41. The molecule has 1 aliphatic heterocycles. The maximum absolute atomic E-state index is 12.4. The fraction of sp³-hybridized carbons (Fsp3) is 0.538. The minimum atomic E-state index is -5.31. The smallest absolute Gasteiger partial charge is 0.388 e. The molecule has 8 heteroatoms. The molecule has 0 aromatic heterocycles. The summed E-state index contributed by atoms with van der Waals surface area (Å²) in [7, 11) is -5.31. The van der Waals surface area contributed by atoms with Crippen molar-refractivity contribution >= 4 is 15.5 Å².